The smallest absolute Gasteiger partial charge is 0.303 e. The van der Waals surface area contributed by atoms with E-state index in [1.807, 2.05) is 12.1 Å². The Balaban J connectivity index is 1.76. The van der Waals surface area contributed by atoms with Crippen LogP contribution in [0.15, 0.2) is 94.7 Å². The summed E-state index contributed by atoms with van der Waals surface area (Å²) in [6.07, 6.45) is 0.674. The average Bonchev–Trinajstić information content (AvgIpc) is 2.74. The van der Waals surface area contributed by atoms with E-state index in [4.69, 9.17) is 5.11 Å². The van der Waals surface area contributed by atoms with Crippen molar-refractivity contribution in [3.63, 3.8) is 0 Å². The summed E-state index contributed by atoms with van der Waals surface area (Å²) in [4.78, 5) is 13.4. The van der Waals surface area contributed by atoms with E-state index in [9.17, 15) is 4.79 Å². The molecule has 0 saturated heterocycles. The lowest BCUT2D eigenvalue weighted by Gasteiger charge is -2.13. The van der Waals surface area contributed by atoms with Gasteiger partial charge in [-0.25, -0.2) is 0 Å². The van der Waals surface area contributed by atoms with Crippen LogP contribution in [0.5, 0.6) is 0 Å². The minimum Gasteiger partial charge on any atom is -0.481 e. The van der Waals surface area contributed by atoms with Crippen LogP contribution in [0.1, 0.15) is 17.5 Å². The first kappa shape index (κ1) is 19.3. The fraction of sp³-hybridized carbons (Fsp3) is 0.115. The van der Waals surface area contributed by atoms with Gasteiger partial charge in [0, 0.05) is 16.2 Å². The summed E-state index contributed by atoms with van der Waals surface area (Å²) in [7, 11) is 0. The Morgan fingerprint density at radius 1 is 0.862 bits per heavy atom. The molecule has 0 aromatic heterocycles. The number of rotatable bonds is 6. The summed E-state index contributed by atoms with van der Waals surface area (Å²) in [6.45, 7) is 2.09. The van der Waals surface area contributed by atoms with Gasteiger partial charge in [-0.3, -0.25) is 4.79 Å². The highest BCUT2D eigenvalue weighted by molar-refractivity contribution is 7.99. The van der Waals surface area contributed by atoms with Gasteiger partial charge in [0.15, 0.2) is 0 Å². The zero-order valence-electron chi connectivity index (χ0n) is 16.3. The van der Waals surface area contributed by atoms with Crippen molar-refractivity contribution in [3.8, 4) is 11.1 Å². The molecule has 0 aliphatic carbocycles. The van der Waals surface area contributed by atoms with Gasteiger partial charge in [-0.2, -0.15) is 0 Å². The molecule has 0 spiro atoms. The van der Waals surface area contributed by atoms with E-state index in [0.717, 1.165) is 16.7 Å². The Bertz CT molecular complexity index is 1160. The van der Waals surface area contributed by atoms with Crippen molar-refractivity contribution in [2.75, 3.05) is 0 Å². The van der Waals surface area contributed by atoms with Crippen LogP contribution >= 0.6 is 11.8 Å². The van der Waals surface area contributed by atoms with Gasteiger partial charge in [0.2, 0.25) is 0 Å². The third-order valence-electron chi connectivity index (χ3n) is 4.98. The number of fused-ring (bicyclic) bond motifs is 1. The van der Waals surface area contributed by atoms with Crippen LogP contribution < -0.4 is 0 Å². The van der Waals surface area contributed by atoms with Gasteiger partial charge in [0.05, 0.1) is 0 Å². The van der Waals surface area contributed by atoms with Crippen molar-refractivity contribution in [2.45, 2.75) is 29.6 Å². The van der Waals surface area contributed by atoms with Crippen LogP contribution in [0.3, 0.4) is 0 Å². The second kappa shape index (κ2) is 8.54. The standard InChI is InChI=1S/C26H22O2S/c1-18-6-12-23(13-7-18)29-25-14-8-19(9-15-26(27)28)16-24(25)22-11-10-20-4-2-3-5-21(20)17-22/h2-8,10-14,16-17H,9,15H2,1H3,(H,27,28). The van der Waals surface area contributed by atoms with Crippen LogP contribution in [0.25, 0.3) is 21.9 Å². The first-order valence-electron chi connectivity index (χ1n) is 9.67. The molecule has 3 heteroatoms. The number of aryl methyl sites for hydroxylation is 2. The predicted molar refractivity (Wildman–Crippen MR) is 121 cm³/mol. The second-order valence-corrected chi connectivity index (χ2v) is 8.32. The van der Waals surface area contributed by atoms with Crippen LogP contribution in [-0.2, 0) is 11.2 Å². The topological polar surface area (TPSA) is 37.3 Å². The van der Waals surface area contributed by atoms with Crippen LogP contribution in [0, 0.1) is 6.92 Å². The fourth-order valence-electron chi connectivity index (χ4n) is 3.39. The summed E-state index contributed by atoms with van der Waals surface area (Å²) >= 11 is 1.74. The van der Waals surface area contributed by atoms with Gasteiger partial charge in [0.25, 0.3) is 0 Å². The van der Waals surface area contributed by atoms with E-state index >= 15 is 0 Å². The Hall–Kier alpha value is -3.04. The van der Waals surface area contributed by atoms with Gasteiger partial charge in [-0.1, -0.05) is 78.0 Å². The van der Waals surface area contributed by atoms with Gasteiger partial charge < -0.3 is 5.11 Å². The molecule has 0 atom stereocenters. The number of carbonyl (C=O) groups is 1. The van der Waals surface area contributed by atoms with Crippen LogP contribution in [0.2, 0.25) is 0 Å². The quantitative estimate of drug-likeness (QED) is 0.380. The predicted octanol–water partition coefficient (Wildman–Crippen LogP) is 6.98. The highest BCUT2D eigenvalue weighted by Gasteiger charge is 2.10. The molecule has 4 aromatic carbocycles. The maximum absolute atomic E-state index is 11.0. The fourth-order valence-corrected chi connectivity index (χ4v) is 4.34. The van der Waals surface area contributed by atoms with Crippen molar-refractivity contribution >= 4 is 28.5 Å². The van der Waals surface area contributed by atoms with Crippen molar-refractivity contribution in [3.05, 3.63) is 96.1 Å². The minimum atomic E-state index is -0.768. The molecule has 0 aliphatic rings. The maximum atomic E-state index is 11.0. The molecule has 144 valence electrons. The summed E-state index contributed by atoms with van der Waals surface area (Å²) in [6, 6.07) is 29.7. The lowest BCUT2D eigenvalue weighted by Crippen LogP contribution is -1.98. The monoisotopic (exact) mass is 398 g/mol. The third-order valence-corrected chi connectivity index (χ3v) is 6.06. The molecule has 2 nitrogen and oxygen atoms in total. The number of aliphatic carboxylic acids is 1. The number of hydrogen-bond donors (Lipinski definition) is 1. The van der Waals surface area contributed by atoms with Crippen LogP contribution in [0.4, 0.5) is 0 Å². The molecule has 0 fully saturated rings. The number of benzene rings is 4. The van der Waals surface area contributed by atoms with E-state index in [1.54, 1.807) is 11.8 Å². The van der Waals surface area contributed by atoms with Crippen LogP contribution in [-0.4, -0.2) is 11.1 Å². The summed E-state index contributed by atoms with van der Waals surface area (Å²) in [5.74, 6) is -0.768. The molecular weight excluding hydrogens is 376 g/mol. The minimum absolute atomic E-state index is 0.140. The lowest BCUT2D eigenvalue weighted by atomic mass is 9.98. The van der Waals surface area contributed by atoms with Gasteiger partial charge in [-0.05, 0) is 65.1 Å². The molecule has 0 unspecified atom stereocenters. The first-order valence-corrected chi connectivity index (χ1v) is 10.5. The zero-order valence-corrected chi connectivity index (χ0v) is 17.1. The van der Waals surface area contributed by atoms with E-state index in [0.29, 0.717) is 6.42 Å². The molecule has 0 saturated carbocycles. The maximum Gasteiger partial charge on any atom is 0.303 e. The summed E-state index contributed by atoms with van der Waals surface area (Å²) in [5.41, 5.74) is 4.58. The molecule has 0 heterocycles. The average molecular weight is 399 g/mol. The van der Waals surface area contributed by atoms with E-state index < -0.39 is 5.97 Å². The van der Waals surface area contributed by atoms with Gasteiger partial charge >= 0.3 is 5.97 Å². The Morgan fingerprint density at radius 2 is 1.62 bits per heavy atom. The highest BCUT2D eigenvalue weighted by Crippen LogP contribution is 2.38. The van der Waals surface area contributed by atoms with Crippen molar-refractivity contribution in [2.24, 2.45) is 0 Å². The number of carboxylic acids is 1. The first-order chi connectivity index (χ1) is 14.1. The zero-order chi connectivity index (χ0) is 20.2. The Labute approximate surface area is 175 Å². The Kier molecular flexibility index (Phi) is 5.68. The van der Waals surface area contributed by atoms with Crippen molar-refractivity contribution in [1.29, 1.82) is 0 Å². The molecule has 4 aromatic rings. The molecular formula is C26H22O2S. The molecule has 0 amide bonds. The van der Waals surface area contributed by atoms with E-state index in [-0.39, 0.29) is 6.42 Å². The largest absolute Gasteiger partial charge is 0.481 e. The normalized spacial score (nSPS) is 10.9. The summed E-state index contributed by atoms with van der Waals surface area (Å²) < 4.78 is 0. The van der Waals surface area contributed by atoms with E-state index in [2.05, 4.69) is 79.7 Å². The number of hydrogen-bond acceptors (Lipinski definition) is 2. The molecule has 1 N–H and O–H groups in total. The summed E-state index contributed by atoms with van der Waals surface area (Å²) in [5, 5.41) is 11.5. The SMILES string of the molecule is Cc1ccc(Sc2ccc(CCC(=O)O)cc2-c2ccc3ccccc3c2)cc1. The third kappa shape index (κ3) is 4.69. The highest BCUT2D eigenvalue weighted by atomic mass is 32.2. The Morgan fingerprint density at radius 3 is 2.38 bits per heavy atom. The molecule has 0 radical (unpaired) electrons. The van der Waals surface area contributed by atoms with E-state index in [1.165, 1.54) is 26.1 Å². The lowest BCUT2D eigenvalue weighted by molar-refractivity contribution is -0.136. The van der Waals surface area contributed by atoms with Crippen molar-refractivity contribution in [1.82, 2.24) is 0 Å². The second-order valence-electron chi connectivity index (χ2n) is 7.20. The molecule has 0 aliphatic heterocycles. The molecule has 4 rings (SSSR count). The van der Waals surface area contributed by atoms with Gasteiger partial charge in [0.1, 0.15) is 0 Å². The van der Waals surface area contributed by atoms with Gasteiger partial charge in [-0.15, -0.1) is 0 Å². The molecule has 29 heavy (non-hydrogen) atoms. The van der Waals surface area contributed by atoms with Crippen molar-refractivity contribution < 1.29 is 9.90 Å². The molecule has 0 bridgehead atoms. The number of carboxylic acid groups (broad SMARTS) is 1.